The number of carbonyl (C=O) groups excluding carboxylic acids is 1. The second kappa shape index (κ2) is 8.61. The summed E-state index contributed by atoms with van der Waals surface area (Å²) in [4.78, 5) is 12.3. The third-order valence-corrected chi connectivity index (χ3v) is 4.89. The Bertz CT molecular complexity index is 1140. The summed E-state index contributed by atoms with van der Waals surface area (Å²) in [5.74, 6) is -0.610. The van der Waals surface area contributed by atoms with E-state index in [2.05, 4.69) is 21.2 Å². The summed E-state index contributed by atoms with van der Waals surface area (Å²) in [6.45, 7) is 0. The molecule has 0 atom stereocenters. The Balaban J connectivity index is 1.82. The lowest BCUT2D eigenvalue weighted by Gasteiger charge is -2.05. The van der Waals surface area contributed by atoms with Gasteiger partial charge in [0, 0.05) is 16.1 Å². The number of halogens is 4. The molecule has 1 amide bonds. The highest BCUT2D eigenvalue weighted by molar-refractivity contribution is 9.10. The number of nitrogens with one attached hydrogen (secondary N) is 1. The third-order valence-electron chi connectivity index (χ3n) is 3.66. The van der Waals surface area contributed by atoms with Gasteiger partial charge in [-0.3, -0.25) is 4.79 Å². The second-order valence-electron chi connectivity index (χ2n) is 5.58. The van der Waals surface area contributed by atoms with Gasteiger partial charge in [-0.05, 0) is 48.5 Å². The fourth-order valence-corrected chi connectivity index (χ4v) is 2.94. The number of anilines is 1. The molecule has 0 aliphatic heterocycles. The number of carbonyl (C=O) groups is 1. The lowest BCUT2D eigenvalue weighted by atomic mass is 10.2. The van der Waals surface area contributed by atoms with E-state index in [1.54, 1.807) is 42.5 Å². The van der Waals surface area contributed by atoms with Crippen molar-refractivity contribution in [1.29, 1.82) is 5.26 Å². The predicted molar refractivity (Wildman–Crippen MR) is 110 cm³/mol. The average Bonchev–Trinajstić information content (AvgIpc) is 3.13. The van der Waals surface area contributed by atoms with E-state index in [1.807, 2.05) is 0 Å². The molecule has 0 aliphatic rings. The zero-order chi connectivity index (χ0) is 20.3. The molecular weight excluding hydrogens is 470 g/mol. The van der Waals surface area contributed by atoms with Crippen molar-refractivity contribution in [2.45, 2.75) is 0 Å². The SMILES string of the molecule is N#C/C(=C\c1ccc(-c2ccc(Cl)c(Cl)c2)o1)C(=O)Nc1ccc(Br)cc1F. The van der Waals surface area contributed by atoms with Gasteiger partial charge in [-0.2, -0.15) is 5.26 Å². The van der Waals surface area contributed by atoms with Crippen LogP contribution in [0.3, 0.4) is 0 Å². The molecule has 0 saturated heterocycles. The van der Waals surface area contributed by atoms with Crippen molar-refractivity contribution in [3.63, 3.8) is 0 Å². The molecule has 140 valence electrons. The highest BCUT2D eigenvalue weighted by Gasteiger charge is 2.14. The summed E-state index contributed by atoms with van der Waals surface area (Å²) in [5, 5.41) is 12.4. The summed E-state index contributed by atoms with van der Waals surface area (Å²) < 4.78 is 20.1. The second-order valence-corrected chi connectivity index (χ2v) is 7.31. The number of hydrogen-bond acceptors (Lipinski definition) is 3. The Morgan fingerprint density at radius 3 is 2.61 bits per heavy atom. The number of furan rings is 1. The van der Waals surface area contributed by atoms with Crippen LogP contribution in [0.1, 0.15) is 5.76 Å². The van der Waals surface area contributed by atoms with E-state index in [9.17, 15) is 14.4 Å². The zero-order valence-electron chi connectivity index (χ0n) is 14.0. The summed E-state index contributed by atoms with van der Waals surface area (Å²) >= 11 is 15.0. The van der Waals surface area contributed by atoms with Crippen molar-refractivity contribution in [1.82, 2.24) is 0 Å². The molecule has 0 radical (unpaired) electrons. The molecule has 0 spiro atoms. The summed E-state index contributed by atoms with van der Waals surface area (Å²) in [6, 6.07) is 14.2. The van der Waals surface area contributed by atoms with Gasteiger partial charge in [0.2, 0.25) is 0 Å². The molecule has 0 bridgehead atoms. The van der Waals surface area contributed by atoms with Crippen molar-refractivity contribution < 1.29 is 13.6 Å². The standard InChI is InChI=1S/C20H10BrCl2FN2O2/c21-13-2-5-18(17(24)9-13)26-20(27)12(10-25)7-14-3-6-19(28-14)11-1-4-15(22)16(23)8-11/h1-9H,(H,26,27)/b12-7+. The van der Waals surface area contributed by atoms with Gasteiger partial charge in [-0.15, -0.1) is 0 Å². The van der Waals surface area contributed by atoms with Crippen molar-refractivity contribution in [2.75, 3.05) is 5.32 Å². The molecule has 2 aromatic carbocycles. The van der Waals surface area contributed by atoms with E-state index >= 15 is 0 Å². The maximum absolute atomic E-state index is 13.9. The largest absolute Gasteiger partial charge is 0.457 e. The lowest BCUT2D eigenvalue weighted by Crippen LogP contribution is -2.14. The van der Waals surface area contributed by atoms with Gasteiger partial charge in [0.1, 0.15) is 29.0 Å². The van der Waals surface area contributed by atoms with Crippen LogP contribution in [0.15, 0.2) is 63.0 Å². The maximum Gasteiger partial charge on any atom is 0.266 e. The molecule has 3 aromatic rings. The van der Waals surface area contributed by atoms with Gasteiger partial charge < -0.3 is 9.73 Å². The van der Waals surface area contributed by atoms with Crippen molar-refractivity contribution in [2.24, 2.45) is 0 Å². The van der Waals surface area contributed by atoms with Crippen molar-refractivity contribution >= 4 is 56.8 Å². The van der Waals surface area contributed by atoms with Crippen LogP contribution in [0.2, 0.25) is 10.0 Å². The highest BCUT2D eigenvalue weighted by atomic mass is 79.9. The molecule has 1 aromatic heterocycles. The molecule has 28 heavy (non-hydrogen) atoms. The molecule has 0 fully saturated rings. The predicted octanol–water partition coefficient (Wildman–Crippen LogP) is 6.70. The molecule has 1 N–H and O–H groups in total. The fourth-order valence-electron chi connectivity index (χ4n) is 2.31. The highest BCUT2D eigenvalue weighted by Crippen LogP contribution is 2.30. The minimum Gasteiger partial charge on any atom is -0.457 e. The molecule has 3 rings (SSSR count). The molecule has 0 aliphatic carbocycles. The topological polar surface area (TPSA) is 66.0 Å². The summed E-state index contributed by atoms with van der Waals surface area (Å²) in [6.07, 6.45) is 1.27. The third kappa shape index (κ3) is 4.63. The monoisotopic (exact) mass is 478 g/mol. The number of nitriles is 1. The van der Waals surface area contributed by atoms with Gasteiger partial charge in [0.05, 0.1) is 15.7 Å². The van der Waals surface area contributed by atoms with Crippen LogP contribution in [-0.2, 0) is 4.79 Å². The van der Waals surface area contributed by atoms with Crippen LogP contribution in [0.5, 0.6) is 0 Å². The Labute approximate surface area is 178 Å². The van der Waals surface area contributed by atoms with E-state index in [0.717, 1.165) is 0 Å². The number of rotatable bonds is 4. The van der Waals surface area contributed by atoms with Crippen molar-refractivity contribution in [3.8, 4) is 17.4 Å². The first-order chi connectivity index (χ1) is 13.4. The van der Waals surface area contributed by atoms with E-state index in [-0.39, 0.29) is 17.0 Å². The smallest absolute Gasteiger partial charge is 0.266 e. The van der Waals surface area contributed by atoms with Crippen LogP contribution >= 0.6 is 39.1 Å². The number of hydrogen-bond donors (Lipinski definition) is 1. The molecule has 4 nitrogen and oxygen atoms in total. The molecular formula is C20H10BrCl2FN2O2. The van der Waals surface area contributed by atoms with Gasteiger partial charge in [-0.25, -0.2) is 4.39 Å². The van der Waals surface area contributed by atoms with E-state index < -0.39 is 11.7 Å². The van der Waals surface area contributed by atoms with Crippen LogP contribution in [0.25, 0.3) is 17.4 Å². The van der Waals surface area contributed by atoms with Gasteiger partial charge in [0.25, 0.3) is 5.91 Å². The van der Waals surface area contributed by atoms with Gasteiger partial charge in [-0.1, -0.05) is 39.1 Å². The minimum atomic E-state index is -0.754. The zero-order valence-corrected chi connectivity index (χ0v) is 17.1. The van der Waals surface area contributed by atoms with E-state index in [4.69, 9.17) is 27.6 Å². The van der Waals surface area contributed by atoms with E-state index in [1.165, 1.54) is 18.2 Å². The molecule has 0 saturated carbocycles. The van der Waals surface area contributed by atoms with Gasteiger partial charge in [0.15, 0.2) is 0 Å². The first kappa shape index (κ1) is 20.2. The Hall–Kier alpha value is -2.59. The first-order valence-electron chi connectivity index (χ1n) is 7.81. The number of amides is 1. The Kier molecular flexibility index (Phi) is 6.20. The maximum atomic E-state index is 13.9. The Morgan fingerprint density at radius 2 is 1.93 bits per heavy atom. The minimum absolute atomic E-state index is 0.0368. The Morgan fingerprint density at radius 1 is 1.14 bits per heavy atom. The molecule has 8 heteroatoms. The van der Waals surface area contributed by atoms with E-state index in [0.29, 0.717) is 25.8 Å². The van der Waals surface area contributed by atoms with Crippen LogP contribution in [-0.4, -0.2) is 5.91 Å². The molecule has 0 unspecified atom stereocenters. The quantitative estimate of drug-likeness (QED) is 0.334. The summed E-state index contributed by atoms with van der Waals surface area (Å²) in [5.41, 5.74) is 0.414. The van der Waals surface area contributed by atoms with Crippen LogP contribution in [0.4, 0.5) is 10.1 Å². The average molecular weight is 480 g/mol. The van der Waals surface area contributed by atoms with Crippen molar-refractivity contribution in [3.05, 3.63) is 80.2 Å². The van der Waals surface area contributed by atoms with Crippen LogP contribution in [0, 0.1) is 17.1 Å². The van der Waals surface area contributed by atoms with Gasteiger partial charge >= 0.3 is 0 Å². The van der Waals surface area contributed by atoms with Crippen LogP contribution < -0.4 is 5.32 Å². The first-order valence-corrected chi connectivity index (χ1v) is 9.35. The summed E-state index contributed by atoms with van der Waals surface area (Å²) in [7, 11) is 0. The number of benzene rings is 2. The number of nitrogens with zero attached hydrogens (tertiary/aromatic N) is 1. The fraction of sp³-hybridized carbons (Fsp3) is 0. The lowest BCUT2D eigenvalue weighted by molar-refractivity contribution is -0.112. The normalized spacial score (nSPS) is 11.2. The molecule has 1 heterocycles.